The molecule has 0 bridgehead atoms. The molecule has 0 aliphatic heterocycles. The summed E-state index contributed by atoms with van der Waals surface area (Å²) in [5.74, 6) is -0.829. The van der Waals surface area contributed by atoms with E-state index in [1.54, 1.807) is 0 Å². The van der Waals surface area contributed by atoms with Gasteiger partial charge in [0.05, 0.1) is 6.42 Å². The summed E-state index contributed by atoms with van der Waals surface area (Å²) in [5.41, 5.74) is 0. The van der Waals surface area contributed by atoms with Crippen LogP contribution in [-0.4, -0.2) is 11.1 Å². The van der Waals surface area contributed by atoms with Crippen LogP contribution < -0.4 is 6.15 Å². The van der Waals surface area contributed by atoms with Crippen LogP contribution in [0.5, 0.6) is 0 Å². The minimum atomic E-state index is -0.829. The fourth-order valence-corrected chi connectivity index (χ4v) is 0.123. The number of hydrogen-bond acceptors (Lipinski definition) is 2. The van der Waals surface area contributed by atoms with Gasteiger partial charge in [-0.25, -0.2) is 0 Å². The molecule has 0 spiro atoms. The van der Waals surface area contributed by atoms with Crippen LogP contribution in [0, 0.1) is 0 Å². The second-order valence-electron chi connectivity index (χ2n) is 0.887. The fraction of sp³-hybridized carbons (Fsp3) is 0.250. The predicted octanol–water partition coefficient (Wildman–Crippen LogP) is 0.809. The molecule has 42 valence electrons. The first-order valence-corrected chi connectivity index (χ1v) is 1.60. The third kappa shape index (κ3) is 11.0. The Kier molecular flexibility index (Phi) is 7.00. The van der Waals surface area contributed by atoms with E-state index in [4.69, 9.17) is 5.11 Å². The van der Waals surface area contributed by atoms with Gasteiger partial charge in [0.15, 0.2) is 0 Å². The van der Waals surface area contributed by atoms with Crippen LogP contribution in [0.3, 0.4) is 0 Å². The fourth-order valence-electron chi connectivity index (χ4n) is 0.123. The van der Waals surface area contributed by atoms with Gasteiger partial charge in [-0.3, -0.25) is 4.79 Å². The van der Waals surface area contributed by atoms with Crippen molar-refractivity contribution in [2.75, 3.05) is 0 Å². The van der Waals surface area contributed by atoms with Crippen LogP contribution in [0.1, 0.15) is 6.42 Å². The molecule has 0 fully saturated rings. The van der Waals surface area contributed by atoms with Crippen molar-refractivity contribution in [2.45, 2.75) is 6.42 Å². The quantitative estimate of drug-likeness (QED) is 0.508. The summed E-state index contributed by atoms with van der Waals surface area (Å²) in [5, 5.41) is 7.84. The van der Waals surface area contributed by atoms with Gasteiger partial charge in [-0.15, -0.1) is 6.58 Å². The maximum absolute atomic E-state index is 9.53. The van der Waals surface area contributed by atoms with Crippen molar-refractivity contribution in [2.24, 2.45) is 0 Å². The zero-order valence-corrected chi connectivity index (χ0v) is 4.05. The van der Waals surface area contributed by atoms with E-state index in [0.717, 1.165) is 0 Å². The van der Waals surface area contributed by atoms with Gasteiger partial charge in [0, 0.05) is 0 Å². The molecule has 0 aromatic rings. The maximum atomic E-state index is 9.53. The highest BCUT2D eigenvalue weighted by molar-refractivity contribution is 5.68. The van der Waals surface area contributed by atoms with Gasteiger partial charge in [-0.05, 0) is 0 Å². The summed E-state index contributed by atoms with van der Waals surface area (Å²) in [7, 11) is 0. The Hall–Kier alpha value is -0.830. The van der Waals surface area contributed by atoms with E-state index in [1.807, 2.05) is 0 Å². The molecule has 0 atom stereocenters. The number of carboxylic acid groups (broad SMARTS) is 1. The van der Waals surface area contributed by atoms with Crippen molar-refractivity contribution in [3.63, 3.8) is 0 Å². The summed E-state index contributed by atoms with van der Waals surface area (Å²) < 4.78 is 0. The Labute approximate surface area is 42.2 Å². The zero-order chi connectivity index (χ0) is 4.99. The number of rotatable bonds is 2. The number of hydrogen-bond donors (Lipinski definition) is 2. The Balaban J connectivity index is 0. The first-order chi connectivity index (χ1) is 2.77. The van der Waals surface area contributed by atoms with Crippen LogP contribution in [0.25, 0.3) is 0 Å². The smallest absolute Gasteiger partial charge is 0.307 e. The molecule has 7 heavy (non-hydrogen) atoms. The summed E-state index contributed by atoms with van der Waals surface area (Å²) >= 11 is 0. The second kappa shape index (κ2) is 5.17. The average molecular weight is 103 g/mol. The van der Waals surface area contributed by atoms with Crippen molar-refractivity contribution >= 4 is 5.97 Å². The third-order valence-electron chi connectivity index (χ3n) is 0.319. The molecule has 0 aromatic carbocycles. The van der Waals surface area contributed by atoms with E-state index in [0.29, 0.717) is 0 Å². The van der Waals surface area contributed by atoms with E-state index in [2.05, 4.69) is 6.58 Å². The van der Waals surface area contributed by atoms with Crippen LogP contribution in [-0.2, 0) is 4.79 Å². The van der Waals surface area contributed by atoms with Crippen LogP contribution in [0.4, 0.5) is 0 Å². The van der Waals surface area contributed by atoms with Crippen molar-refractivity contribution in [1.29, 1.82) is 0 Å². The molecule has 0 heterocycles. The van der Waals surface area contributed by atoms with Crippen LogP contribution >= 0.6 is 0 Å². The Morgan fingerprint density at radius 3 is 2.29 bits per heavy atom. The SMILES string of the molecule is C=CCC(=O)O.N. The minimum Gasteiger partial charge on any atom is -0.481 e. The molecule has 0 radical (unpaired) electrons. The number of carbonyl (C=O) groups is 1. The Morgan fingerprint density at radius 1 is 1.86 bits per heavy atom. The summed E-state index contributed by atoms with van der Waals surface area (Å²) in [6, 6.07) is 0. The molecule has 0 unspecified atom stereocenters. The van der Waals surface area contributed by atoms with E-state index in [1.165, 1.54) is 6.08 Å². The van der Waals surface area contributed by atoms with Crippen molar-refractivity contribution in [1.82, 2.24) is 6.15 Å². The van der Waals surface area contributed by atoms with Gasteiger partial charge < -0.3 is 11.3 Å². The second-order valence-corrected chi connectivity index (χ2v) is 0.887. The largest absolute Gasteiger partial charge is 0.481 e. The van der Waals surface area contributed by atoms with Crippen LogP contribution in [0.2, 0.25) is 0 Å². The summed E-state index contributed by atoms with van der Waals surface area (Å²) in [6.45, 7) is 3.22. The molecule has 0 amide bonds. The molecule has 3 heteroatoms. The molecule has 0 aromatic heterocycles. The highest BCUT2D eigenvalue weighted by atomic mass is 16.4. The highest BCUT2D eigenvalue weighted by Gasteiger charge is 1.84. The van der Waals surface area contributed by atoms with Crippen molar-refractivity contribution in [3.05, 3.63) is 12.7 Å². The van der Waals surface area contributed by atoms with E-state index >= 15 is 0 Å². The Morgan fingerprint density at radius 2 is 2.29 bits per heavy atom. The van der Waals surface area contributed by atoms with Gasteiger partial charge >= 0.3 is 5.97 Å². The van der Waals surface area contributed by atoms with Crippen molar-refractivity contribution < 1.29 is 9.90 Å². The van der Waals surface area contributed by atoms with E-state index < -0.39 is 5.97 Å². The lowest BCUT2D eigenvalue weighted by molar-refractivity contribution is -0.135. The van der Waals surface area contributed by atoms with Crippen molar-refractivity contribution in [3.8, 4) is 0 Å². The lowest BCUT2D eigenvalue weighted by Gasteiger charge is -1.75. The molecule has 0 saturated carbocycles. The van der Waals surface area contributed by atoms with Gasteiger partial charge in [-0.2, -0.15) is 0 Å². The van der Waals surface area contributed by atoms with Gasteiger partial charge in [0.25, 0.3) is 0 Å². The molecule has 4 N–H and O–H groups in total. The molecular formula is C4H9NO2. The maximum Gasteiger partial charge on any atom is 0.307 e. The molecule has 0 aliphatic carbocycles. The molecule has 0 rings (SSSR count). The zero-order valence-electron chi connectivity index (χ0n) is 4.05. The lowest BCUT2D eigenvalue weighted by Crippen LogP contribution is -1.88. The summed E-state index contributed by atoms with van der Waals surface area (Å²) in [4.78, 5) is 9.53. The topological polar surface area (TPSA) is 72.3 Å². The first-order valence-electron chi connectivity index (χ1n) is 1.60. The summed E-state index contributed by atoms with van der Waals surface area (Å²) in [6.07, 6.45) is 1.41. The molecular weight excluding hydrogens is 94.0 g/mol. The first kappa shape index (κ1) is 9.48. The van der Waals surface area contributed by atoms with Gasteiger partial charge in [0.1, 0.15) is 0 Å². The normalized spacial score (nSPS) is 6.29. The average Bonchev–Trinajstić information content (AvgIpc) is 1.35. The highest BCUT2D eigenvalue weighted by Crippen LogP contribution is 1.74. The van der Waals surface area contributed by atoms with E-state index in [-0.39, 0.29) is 12.6 Å². The lowest BCUT2D eigenvalue weighted by atomic mass is 10.4. The molecule has 3 nitrogen and oxygen atoms in total. The standard InChI is InChI=1S/C4H6O2.H3N/c1-2-3-4(5)6;/h2H,1,3H2,(H,5,6);1H3. The molecule has 0 aliphatic rings. The minimum absolute atomic E-state index is 0. The number of aliphatic carboxylic acids is 1. The third-order valence-corrected chi connectivity index (χ3v) is 0.319. The monoisotopic (exact) mass is 103 g/mol. The van der Waals surface area contributed by atoms with E-state index in [9.17, 15) is 4.79 Å². The Bertz CT molecular complexity index is 70.1. The molecule has 0 saturated heterocycles. The van der Waals surface area contributed by atoms with Gasteiger partial charge in [0.2, 0.25) is 0 Å². The number of carboxylic acids is 1. The predicted molar refractivity (Wildman–Crippen MR) is 27.5 cm³/mol. The van der Waals surface area contributed by atoms with Gasteiger partial charge in [-0.1, -0.05) is 6.08 Å². The van der Waals surface area contributed by atoms with Crippen LogP contribution in [0.15, 0.2) is 12.7 Å².